The average molecular weight is 317 g/mol. The summed E-state index contributed by atoms with van der Waals surface area (Å²) in [5.74, 6) is -0.762. The molecule has 1 aliphatic heterocycles. The van der Waals surface area contributed by atoms with E-state index in [1.807, 2.05) is 0 Å². The van der Waals surface area contributed by atoms with Crippen LogP contribution in [0, 0.1) is 5.92 Å². The standard InChI is InChI=1S/C13H14Cl2N2O3/c14-10-6-16-11(15)5-9(10)13(20)17-4-3-8(7-17)1-2-12(18)19/h5-6,8H,1-4,7H2,(H,18,19). The molecular weight excluding hydrogens is 303 g/mol. The number of aliphatic carboxylic acids is 1. The quantitative estimate of drug-likeness (QED) is 0.867. The Kier molecular flexibility index (Phi) is 4.83. The predicted molar refractivity (Wildman–Crippen MR) is 75.1 cm³/mol. The number of carboxylic acid groups (broad SMARTS) is 1. The van der Waals surface area contributed by atoms with Crippen LogP contribution in [0.3, 0.4) is 0 Å². The molecule has 1 atom stereocenters. The van der Waals surface area contributed by atoms with Gasteiger partial charge >= 0.3 is 5.97 Å². The van der Waals surface area contributed by atoms with Crippen molar-refractivity contribution in [2.24, 2.45) is 5.92 Å². The van der Waals surface area contributed by atoms with Gasteiger partial charge in [-0.3, -0.25) is 9.59 Å². The van der Waals surface area contributed by atoms with E-state index < -0.39 is 5.97 Å². The fraction of sp³-hybridized carbons (Fsp3) is 0.462. The van der Waals surface area contributed by atoms with Gasteiger partial charge < -0.3 is 10.0 Å². The van der Waals surface area contributed by atoms with Crippen LogP contribution in [-0.4, -0.2) is 40.0 Å². The minimum Gasteiger partial charge on any atom is -0.481 e. The summed E-state index contributed by atoms with van der Waals surface area (Å²) in [5, 5.41) is 9.17. The minimum absolute atomic E-state index is 0.133. The van der Waals surface area contributed by atoms with Crippen LogP contribution >= 0.6 is 23.2 Å². The number of carbonyl (C=O) groups is 2. The fourth-order valence-corrected chi connectivity index (χ4v) is 2.67. The smallest absolute Gasteiger partial charge is 0.303 e. The number of pyridine rings is 1. The van der Waals surface area contributed by atoms with Crippen LogP contribution in [0.15, 0.2) is 12.3 Å². The van der Waals surface area contributed by atoms with Crippen LogP contribution in [-0.2, 0) is 4.79 Å². The second-order valence-corrected chi connectivity index (χ2v) is 5.62. The maximum Gasteiger partial charge on any atom is 0.303 e. The van der Waals surface area contributed by atoms with Gasteiger partial charge in [0.05, 0.1) is 10.6 Å². The molecule has 0 aromatic carbocycles. The van der Waals surface area contributed by atoms with Crippen LogP contribution in [0.2, 0.25) is 10.2 Å². The second-order valence-electron chi connectivity index (χ2n) is 4.83. The van der Waals surface area contributed by atoms with Crippen LogP contribution in [0.5, 0.6) is 0 Å². The molecule has 1 fully saturated rings. The van der Waals surface area contributed by atoms with E-state index in [0.717, 1.165) is 6.42 Å². The number of halogens is 2. The minimum atomic E-state index is -0.807. The Morgan fingerprint density at radius 2 is 2.20 bits per heavy atom. The van der Waals surface area contributed by atoms with Gasteiger partial charge in [-0.1, -0.05) is 23.2 Å². The van der Waals surface area contributed by atoms with E-state index in [1.165, 1.54) is 12.3 Å². The van der Waals surface area contributed by atoms with Crippen LogP contribution < -0.4 is 0 Å². The van der Waals surface area contributed by atoms with Crippen molar-refractivity contribution in [3.05, 3.63) is 28.0 Å². The van der Waals surface area contributed by atoms with Crippen molar-refractivity contribution < 1.29 is 14.7 Å². The zero-order valence-corrected chi connectivity index (χ0v) is 12.2. The van der Waals surface area contributed by atoms with E-state index in [9.17, 15) is 9.59 Å². The van der Waals surface area contributed by atoms with Crippen molar-refractivity contribution in [3.8, 4) is 0 Å². The number of nitrogens with zero attached hydrogens (tertiary/aromatic N) is 2. The molecule has 0 bridgehead atoms. The third-order valence-corrected chi connectivity index (χ3v) is 3.90. The topological polar surface area (TPSA) is 70.5 Å². The normalized spacial score (nSPS) is 18.3. The average Bonchev–Trinajstić information content (AvgIpc) is 2.87. The van der Waals surface area contributed by atoms with Crippen molar-refractivity contribution in [2.75, 3.05) is 13.1 Å². The van der Waals surface area contributed by atoms with Crippen LogP contribution in [0.4, 0.5) is 0 Å². The molecule has 0 saturated carbocycles. The highest BCUT2D eigenvalue weighted by Crippen LogP contribution is 2.25. The van der Waals surface area contributed by atoms with Crippen LogP contribution in [0.1, 0.15) is 29.6 Å². The largest absolute Gasteiger partial charge is 0.481 e. The molecule has 1 aromatic rings. The van der Waals surface area contributed by atoms with E-state index in [1.54, 1.807) is 4.90 Å². The monoisotopic (exact) mass is 316 g/mol. The molecule has 108 valence electrons. The SMILES string of the molecule is O=C(O)CCC1CCN(C(=O)c2cc(Cl)ncc2Cl)C1. The Balaban J connectivity index is 2.00. The molecule has 0 aliphatic carbocycles. The van der Waals surface area contributed by atoms with E-state index in [2.05, 4.69) is 4.98 Å². The maximum absolute atomic E-state index is 12.3. The molecule has 2 rings (SSSR count). The van der Waals surface area contributed by atoms with Gasteiger partial charge in [0.1, 0.15) is 5.15 Å². The molecule has 1 aliphatic rings. The van der Waals surface area contributed by atoms with Gasteiger partial charge in [0.15, 0.2) is 0 Å². The lowest BCUT2D eigenvalue weighted by Gasteiger charge is -2.17. The van der Waals surface area contributed by atoms with Gasteiger partial charge in [0.25, 0.3) is 5.91 Å². The lowest BCUT2D eigenvalue weighted by Crippen LogP contribution is -2.29. The van der Waals surface area contributed by atoms with E-state index in [-0.39, 0.29) is 28.4 Å². The second kappa shape index (κ2) is 6.41. The van der Waals surface area contributed by atoms with E-state index in [4.69, 9.17) is 28.3 Å². The van der Waals surface area contributed by atoms with Crippen molar-refractivity contribution in [1.82, 2.24) is 9.88 Å². The number of hydrogen-bond donors (Lipinski definition) is 1. The molecule has 2 heterocycles. The molecule has 7 heteroatoms. The van der Waals surface area contributed by atoms with Crippen molar-refractivity contribution in [1.29, 1.82) is 0 Å². The Morgan fingerprint density at radius 3 is 2.90 bits per heavy atom. The lowest BCUT2D eigenvalue weighted by molar-refractivity contribution is -0.137. The predicted octanol–water partition coefficient (Wildman–Crippen LogP) is 2.72. The van der Waals surface area contributed by atoms with Gasteiger partial charge in [0.2, 0.25) is 0 Å². The summed E-state index contributed by atoms with van der Waals surface area (Å²) in [6.07, 6.45) is 2.89. The number of rotatable bonds is 4. The Morgan fingerprint density at radius 1 is 1.45 bits per heavy atom. The molecule has 1 aromatic heterocycles. The Labute approximate surface area is 126 Å². The molecule has 20 heavy (non-hydrogen) atoms. The number of likely N-dealkylation sites (tertiary alicyclic amines) is 1. The first-order chi connectivity index (χ1) is 9.47. The number of carboxylic acids is 1. The maximum atomic E-state index is 12.3. The first-order valence-corrected chi connectivity index (χ1v) is 7.05. The third kappa shape index (κ3) is 3.61. The van der Waals surface area contributed by atoms with Gasteiger partial charge in [-0.25, -0.2) is 4.98 Å². The zero-order valence-electron chi connectivity index (χ0n) is 10.7. The Hall–Kier alpha value is -1.33. The van der Waals surface area contributed by atoms with E-state index in [0.29, 0.717) is 25.1 Å². The van der Waals surface area contributed by atoms with Crippen LogP contribution in [0.25, 0.3) is 0 Å². The van der Waals surface area contributed by atoms with Crippen molar-refractivity contribution in [3.63, 3.8) is 0 Å². The summed E-state index contributed by atoms with van der Waals surface area (Å²) in [6, 6.07) is 1.46. The van der Waals surface area contributed by atoms with Crippen molar-refractivity contribution >= 4 is 35.1 Å². The van der Waals surface area contributed by atoms with Gasteiger partial charge in [-0.15, -0.1) is 0 Å². The highest BCUT2D eigenvalue weighted by molar-refractivity contribution is 6.35. The lowest BCUT2D eigenvalue weighted by atomic mass is 10.0. The van der Waals surface area contributed by atoms with Gasteiger partial charge in [-0.05, 0) is 24.8 Å². The summed E-state index contributed by atoms with van der Waals surface area (Å²) in [4.78, 5) is 28.4. The summed E-state index contributed by atoms with van der Waals surface area (Å²) in [6.45, 7) is 1.17. The number of amides is 1. The molecular formula is C13H14Cl2N2O3. The zero-order chi connectivity index (χ0) is 14.7. The fourth-order valence-electron chi connectivity index (χ4n) is 2.33. The van der Waals surface area contributed by atoms with Crippen molar-refractivity contribution in [2.45, 2.75) is 19.3 Å². The molecule has 5 nitrogen and oxygen atoms in total. The summed E-state index contributed by atoms with van der Waals surface area (Å²) in [5.41, 5.74) is 0.338. The molecule has 1 N–H and O–H groups in total. The molecule has 1 unspecified atom stereocenters. The first-order valence-electron chi connectivity index (χ1n) is 6.29. The number of carbonyl (C=O) groups excluding carboxylic acids is 1. The summed E-state index contributed by atoms with van der Waals surface area (Å²) >= 11 is 11.7. The summed E-state index contributed by atoms with van der Waals surface area (Å²) in [7, 11) is 0. The molecule has 1 saturated heterocycles. The van der Waals surface area contributed by atoms with Gasteiger partial charge in [0, 0.05) is 25.7 Å². The molecule has 0 spiro atoms. The highest BCUT2D eigenvalue weighted by atomic mass is 35.5. The van der Waals surface area contributed by atoms with E-state index >= 15 is 0 Å². The molecule has 1 amide bonds. The number of aromatic nitrogens is 1. The highest BCUT2D eigenvalue weighted by Gasteiger charge is 2.28. The van der Waals surface area contributed by atoms with Gasteiger partial charge in [-0.2, -0.15) is 0 Å². The number of hydrogen-bond acceptors (Lipinski definition) is 3. The molecule has 0 radical (unpaired) electrons. The first kappa shape index (κ1) is 15.1. The Bertz CT molecular complexity index is 536. The third-order valence-electron chi connectivity index (χ3n) is 3.39. The summed E-state index contributed by atoms with van der Waals surface area (Å²) < 4.78 is 0.